The van der Waals surface area contributed by atoms with Crippen molar-refractivity contribution < 1.29 is 4.92 Å². The van der Waals surface area contributed by atoms with E-state index in [1.807, 2.05) is 6.92 Å². The number of aryl methyl sites for hydroxylation is 1. The van der Waals surface area contributed by atoms with Crippen molar-refractivity contribution in [3.8, 4) is 0 Å². The molecule has 0 aliphatic carbocycles. The number of para-hydroxylation sites is 2. The first-order valence-corrected chi connectivity index (χ1v) is 5.23. The van der Waals surface area contributed by atoms with Crippen LogP contribution in [0.5, 0.6) is 0 Å². The van der Waals surface area contributed by atoms with Crippen molar-refractivity contribution in [3.63, 3.8) is 0 Å². The topological polar surface area (TPSA) is 73.0 Å². The maximum atomic E-state index is 10.8. The molecule has 88 valence electrons. The minimum absolute atomic E-state index is 0.0525. The third-order valence-corrected chi connectivity index (χ3v) is 2.34. The van der Waals surface area contributed by atoms with Gasteiger partial charge in [0, 0.05) is 18.8 Å². The van der Waals surface area contributed by atoms with Gasteiger partial charge in [0.15, 0.2) is 0 Å². The lowest BCUT2D eigenvalue weighted by molar-refractivity contribution is -0.383. The summed E-state index contributed by atoms with van der Waals surface area (Å²) in [6, 6.07) is 6.52. The summed E-state index contributed by atoms with van der Waals surface area (Å²) in [6.45, 7) is 2.74. The normalized spacial score (nSPS) is 10.2. The van der Waals surface area contributed by atoms with Gasteiger partial charge in [-0.15, -0.1) is 0 Å². The van der Waals surface area contributed by atoms with E-state index in [-0.39, 0.29) is 5.69 Å². The maximum Gasteiger partial charge on any atom is 0.292 e. The molecule has 0 radical (unpaired) electrons. The summed E-state index contributed by atoms with van der Waals surface area (Å²) in [4.78, 5) is 10.4. The second kappa shape index (κ2) is 4.65. The molecule has 0 fully saturated rings. The molecular weight excluding hydrogens is 220 g/mol. The van der Waals surface area contributed by atoms with Crippen LogP contribution in [0.3, 0.4) is 0 Å². The molecule has 0 aliphatic rings. The average molecular weight is 232 g/mol. The Morgan fingerprint density at radius 2 is 2.24 bits per heavy atom. The van der Waals surface area contributed by atoms with Gasteiger partial charge in [0.2, 0.25) is 0 Å². The third-order valence-electron chi connectivity index (χ3n) is 2.34. The Kier molecular flexibility index (Phi) is 3.04. The van der Waals surface area contributed by atoms with Gasteiger partial charge in [0.25, 0.3) is 5.69 Å². The van der Waals surface area contributed by atoms with Crippen LogP contribution >= 0.6 is 0 Å². The Balaban J connectivity index is 2.26. The van der Waals surface area contributed by atoms with Crippen LogP contribution in [-0.2, 0) is 6.54 Å². The predicted molar refractivity (Wildman–Crippen MR) is 64.3 cm³/mol. The fraction of sp³-hybridized carbons (Fsp3) is 0.182. The summed E-state index contributed by atoms with van der Waals surface area (Å²) in [5, 5.41) is 17.9. The predicted octanol–water partition coefficient (Wildman–Crippen LogP) is 2.55. The maximum absolute atomic E-state index is 10.8. The minimum atomic E-state index is -0.410. The number of nitro groups is 1. The first-order valence-electron chi connectivity index (χ1n) is 5.23. The van der Waals surface area contributed by atoms with Gasteiger partial charge in [0.05, 0.1) is 16.8 Å². The van der Waals surface area contributed by atoms with Crippen LogP contribution in [0, 0.1) is 10.1 Å². The van der Waals surface area contributed by atoms with Gasteiger partial charge in [-0.1, -0.05) is 12.1 Å². The van der Waals surface area contributed by atoms with E-state index in [0.717, 1.165) is 12.2 Å². The fourth-order valence-electron chi connectivity index (χ4n) is 1.50. The second-order valence-corrected chi connectivity index (χ2v) is 3.48. The highest BCUT2D eigenvalue weighted by atomic mass is 16.6. The number of anilines is 2. The van der Waals surface area contributed by atoms with E-state index in [1.165, 1.54) is 6.07 Å². The lowest BCUT2D eigenvalue weighted by Crippen LogP contribution is -1.96. The first kappa shape index (κ1) is 11.1. The zero-order valence-electron chi connectivity index (χ0n) is 9.33. The number of hydrogen-bond donors (Lipinski definition) is 1. The second-order valence-electron chi connectivity index (χ2n) is 3.48. The Bertz CT molecular complexity index is 536. The van der Waals surface area contributed by atoms with Crippen molar-refractivity contribution in [2.45, 2.75) is 13.5 Å². The van der Waals surface area contributed by atoms with Crippen molar-refractivity contribution in [2.24, 2.45) is 0 Å². The fourth-order valence-corrected chi connectivity index (χ4v) is 1.50. The molecule has 0 unspecified atom stereocenters. The van der Waals surface area contributed by atoms with Crippen molar-refractivity contribution in [3.05, 3.63) is 46.8 Å². The van der Waals surface area contributed by atoms with Gasteiger partial charge < -0.3 is 5.32 Å². The molecule has 1 aromatic carbocycles. The molecule has 0 saturated carbocycles. The number of nitrogens with one attached hydrogen (secondary N) is 1. The van der Waals surface area contributed by atoms with Crippen LogP contribution in [0.4, 0.5) is 17.1 Å². The lowest BCUT2D eigenvalue weighted by Gasteiger charge is -2.03. The number of nitro benzene ring substituents is 1. The zero-order valence-corrected chi connectivity index (χ0v) is 9.33. The molecule has 2 aromatic rings. The van der Waals surface area contributed by atoms with Crippen molar-refractivity contribution in [1.29, 1.82) is 0 Å². The van der Waals surface area contributed by atoms with Crippen molar-refractivity contribution in [1.82, 2.24) is 9.78 Å². The van der Waals surface area contributed by atoms with E-state index in [4.69, 9.17) is 0 Å². The Morgan fingerprint density at radius 3 is 2.88 bits per heavy atom. The number of aromatic nitrogens is 2. The molecule has 1 N–H and O–H groups in total. The van der Waals surface area contributed by atoms with Crippen LogP contribution in [0.2, 0.25) is 0 Å². The Hall–Kier alpha value is -2.37. The van der Waals surface area contributed by atoms with E-state index >= 15 is 0 Å². The molecule has 1 heterocycles. The highest BCUT2D eigenvalue weighted by molar-refractivity contribution is 5.68. The molecule has 17 heavy (non-hydrogen) atoms. The van der Waals surface area contributed by atoms with E-state index in [1.54, 1.807) is 35.3 Å². The first-order chi connectivity index (χ1) is 8.20. The summed E-state index contributed by atoms with van der Waals surface area (Å²) in [5.74, 6) is 0. The van der Waals surface area contributed by atoms with Gasteiger partial charge in [-0.05, 0) is 13.0 Å². The van der Waals surface area contributed by atoms with Crippen LogP contribution < -0.4 is 5.32 Å². The number of nitrogens with zero attached hydrogens (tertiary/aromatic N) is 3. The smallest absolute Gasteiger partial charge is 0.292 e. The van der Waals surface area contributed by atoms with Crippen LogP contribution in [0.1, 0.15) is 6.92 Å². The summed E-state index contributed by atoms with van der Waals surface area (Å²) in [7, 11) is 0. The van der Waals surface area contributed by atoms with Gasteiger partial charge in [0.1, 0.15) is 5.69 Å². The van der Waals surface area contributed by atoms with Crippen LogP contribution in [-0.4, -0.2) is 14.7 Å². The number of benzene rings is 1. The molecule has 6 nitrogen and oxygen atoms in total. The standard InChI is InChI=1S/C11H12N4O2/c1-2-14-8-9(7-12-14)13-10-5-3-4-6-11(10)15(16)17/h3-8,13H,2H2,1H3. The SMILES string of the molecule is CCn1cc(Nc2ccccc2[N+](=O)[O-])cn1. The molecule has 2 rings (SSSR count). The summed E-state index contributed by atoms with van der Waals surface area (Å²) >= 11 is 0. The lowest BCUT2D eigenvalue weighted by atomic mass is 10.2. The third kappa shape index (κ3) is 2.41. The van der Waals surface area contributed by atoms with Crippen LogP contribution in [0.15, 0.2) is 36.7 Å². The van der Waals surface area contributed by atoms with Crippen molar-refractivity contribution in [2.75, 3.05) is 5.32 Å². The number of hydrogen-bond acceptors (Lipinski definition) is 4. The van der Waals surface area contributed by atoms with Crippen molar-refractivity contribution >= 4 is 17.1 Å². The summed E-state index contributed by atoms with van der Waals surface area (Å²) in [5.41, 5.74) is 1.26. The number of rotatable bonds is 4. The van der Waals surface area contributed by atoms with Crippen LogP contribution in [0.25, 0.3) is 0 Å². The molecule has 6 heteroatoms. The quantitative estimate of drug-likeness (QED) is 0.649. The Morgan fingerprint density at radius 1 is 1.47 bits per heavy atom. The molecular formula is C11H12N4O2. The van der Waals surface area contributed by atoms with Gasteiger partial charge >= 0.3 is 0 Å². The Labute approximate surface area is 98.0 Å². The van der Waals surface area contributed by atoms with E-state index in [9.17, 15) is 10.1 Å². The van der Waals surface area contributed by atoms with Gasteiger partial charge in [-0.25, -0.2) is 0 Å². The molecule has 1 aromatic heterocycles. The van der Waals surface area contributed by atoms with E-state index < -0.39 is 4.92 Å². The molecule has 0 aliphatic heterocycles. The molecule has 0 spiro atoms. The average Bonchev–Trinajstić information content (AvgIpc) is 2.77. The highest BCUT2D eigenvalue weighted by Crippen LogP contribution is 2.26. The van der Waals surface area contributed by atoms with Gasteiger partial charge in [-0.2, -0.15) is 5.10 Å². The van der Waals surface area contributed by atoms with E-state index in [2.05, 4.69) is 10.4 Å². The van der Waals surface area contributed by atoms with Gasteiger partial charge in [-0.3, -0.25) is 14.8 Å². The molecule has 0 bridgehead atoms. The molecule has 0 atom stereocenters. The summed E-state index contributed by atoms with van der Waals surface area (Å²) in [6.07, 6.45) is 3.44. The molecule has 0 amide bonds. The zero-order chi connectivity index (χ0) is 12.3. The van der Waals surface area contributed by atoms with E-state index in [0.29, 0.717) is 5.69 Å². The minimum Gasteiger partial charge on any atom is -0.347 e. The monoisotopic (exact) mass is 232 g/mol. The highest BCUT2D eigenvalue weighted by Gasteiger charge is 2.12. The molecule has 0 saturated heterocycles. The largest absolute Gasteiger partial charge is 0.347 e. The summed E-state index contributed by atoms with van der Waals surface area (Å²) < 4.78 is 1.75.